The van der Waals surface area contributed by atoms with Crippen LogP contribution >= 0.6 is 0 Å². The van der Waals surface area contributed by atoms with E-state index in [1.54, 1.807) is 30.3 Å². The summed E-state index contributed by atoms with van der Waals surface area (Å²) < 4.78 is 4.91. The van der Waals surface area contributed by atoms with Gasteiger partial charge in [-0.25, -0.2) is 4.79 Å². The third kappa shape index (κ3) is 5.33. The molecule has 1 aliphatic heterocycles. The molecule has 146 valence electrons. The summed E-state index contributed by atoms with van der Waals surface area (Å²) in [6.45, 7) is 3.00. The summed E-state index contributed by atoms with van der Waals surface area (Å²) in [6, 6.07) is 8.26. The minimum absolute atomic E-state index is 0.0780. The first-order valence-electron chi connectivity index (χ1n) is 9.43. The lowest BCUT2D eigenvalue weighted by Gasteiger charge is -2.40. The predicted molar refractivity (Wildman–Crippen MR) is 97.9 cm³/mol. The molecule has 1 aliphatic carbocycles. The Balaban J connectivity index is 1.42. The maximum atomic E-state index is 12.0. The van der Waals surface area contributed by atoms with Crippen molar-refractivity contribution in [2.24, 2.45) is 0 Å². The van der Waals surface area contributed by atoms with E-state index in [0.29, 0.717) is 31.5 Å². The number of piperazine rings is 1. The molecule has 0 radical (unpaired) electrons. The smallest absolute Gasteiger partial charge is 0.345 e. The molecule has 8 heteroatoms. The molecule has 8 nitrogen and oxygen atoms in total. The standard InChI is InChI=1S/C19H25N3O5/c23-18(27-19(24)15-5-2-1-3-6-15)14-20-9-11-21(12-10-20)16-7-4-8-17(13-16)22(25)26/h1-3,5-6,16-17H,4,7-14H2. The molecule has 27 heavy (non-hydrogen) atoms. The molecular weight excluding hydrogens is 350 g/mol. The fourth-order valence-corrected chi connectivity index (χ4v) is 3.90. The van der Waals surface area contributed by atoms with Gasteiger partial charge in [-0.3, -0.25) is 24.7 Å². The SMILES string of the molecule is O=C(CN1CCN(C2CCCC([N+](=O)[O-])C2)CC1)OC(=O)c1ccccc1. The van der Waals surface area contributed by atoms with Crippen molar-refractivity contribution in [3.05, 3.63) is 46.0 Å². The highest BCUT2D eigenvalue weighted by Gasteiger charge is 2.34. The van der Waals surface area contributed by atoms with Crippen molar-refractivity contribution in [1.82, 2.24) is 9.80 Å². The van der Waals surface area contributed by atoms with Crippen LogP contribution in [0.2, 0.25) is 0 Å². The van der Waals surface area contributed by atoms with Gasteiger partial charge >= 0.3 is 11.9 Å². The number of carbonyl (C=O) groups excluding carboxylic acids is 2. The van der Waals surface area contributed by atoms with E-state index in [4.69, 9.17) is 4.74 Å². The van der Waals surface area contributed by atoms with Gasteiger partial charge in [0.2, 0.25) is 6.04 Å². The van der Waals surface area contributed by atoms with E-state index in [1.165, 1.54) is 0 Å². The Morgan fingerprint density at radius 2 is 1.81 bits per heavy atom. The van der Waals surface area contributed by atoms with Gasteiger partial charge in [-0.1, -0.05) is 18.2 Å². The van der Waals surface area contributed by atoms with Crippen LogP contribution in [-0.4, -0.2) is 71.5 Å². The fourth-order valence-electron chi connectivity index (χ4n) is 3.90. The molecule has 2 unspecified atom stereocenters. The van der Waals surface area contributed by atoms with Gasteiger partial charge in [-0.05, 0) is 25.0 Å². The Morgan fingerprint density at radius 1 is 1.11 bits per heavy atom. The van der Waals surface area contributed by atoms with Gasteiger partial charge in [0.05, 0.1) is 12.1 Å². The van der Waals surface area contributed by atoms with E-state index in [0.717, 1.165) is 25.9 Å². The molecule has 0 N–H and O–H groups in total. The second kappa shape index (κ2) is 9.05. The maximum Gasteiger partial charge on any atom is 0.345 e. The van der Waals surface area contributed by atoms with Crippen LogP contribution in [0, 0.1) is 10.1 Å². The molecule has 0 amide bonds. The number of carbonyl (C=O) groups is 2. The minimum atomic E-state index is -0.632. The molecule has 0 aromatic heterocycles. The van der Waals surface area contributed by atoms with Gasteiger partial charge in [0, 0.05) is 50.0 Å². The number of ether oxygens (including phenoxy) is 1. The van der Waals surface area contributed by atoms with E-state index in [1.807, 2.05) is 4.90 Å². The summed E-state index contributed by atoms with van der Waals surface area (Å²) in [6.07, 6.45) is 3.17. The first kappa shape index (κ1) is 19.4. The largest absolute Gasteiger partial charge is 0.388 e. The third-order valence-corrected chi connectivity index (χ3v) is 5.41. The average molecular weight is 375 g/mol. The van der Waals surface area contributed by atoms with Crippen LogP contribution < -0.4 is 0 Å². The summed E-state index contributed by atoms with van der Waals surface area (Å²) in [5.41, 5.74) is 0.355. The van der Waals surface area contributed by atoms with Crippen molar-refractivity contribution in [2.75, 3.05) is 32.7 Å². The first-order chi connectivity index (χ1) is 13.0. The van der Waals surface area contributed by atoms with Crippen molar-refractivity contribution >= 4 is 11.9 Å². The van der Waals surface area contributed by atoms with Gasteiger partial charge in [0.1, 0.15) is 0 Å². The van der Waals surface area contributed by atoms with Crippen molar-refractivity contribution < 1.29 is 19.2 Å². The summed E-state index contributed by atoms with van der Waals surface area (Å²) in [5.74, 6) is -1.18. The van der Waals surface area contributed by atoms with Gasteiger partial charge in [-0.2, -0.15) is 0 Å². The van der Waals surface area contributed by atoms with Gasteiger partial charge < -0.3 is 4.74 Å². The number of rotatable bonds is 5. The molecule has 1 aromatic rings. The normalized spacial score (nSPS) is 24.3. The summed E-state index contributed by atoms with van der Waals surface area (Å²) in [7, 11) is 0. The van der Waals surface area contributed by atoms with Crippen LogP contribution in [-0.2, 0) is 9.53 Å². The molecule has 0 spiro atoms. The van der Waals surface area contributed by atoms with Crippen LogP contribution in [0.25, 0.3) is 0 Å². The molecule has 0 bridgehead atoms. The van der Waals surface area contributed by atoms with Crippen LogP contribution in [0.3, 0.4) is 0 Å². The summed E-state index contributed by atoms with van der Waals surface area (Å²) in [5, 5.41) is 11.0. The number of esters is 2. The Kier molecular flexibility index (Phi) is 6.52. The third-order valence-electron chi connectivity index (χ3n) is 5.41. The lowest BCUT2D eigenvalue weighted by Crippen LogP contribution is -2.53. The molecule has 2 aliphatic rings. The number of hydrogen-bond donors (Lipinski definition) is 0. The molecule has 2 fully saturated rings. The number of nitro groups is 1. The van der Waals surface area contributed by atoms with Crippen molar-refractivity contribution in [3.63, 3.8) is 0 Å². The van der Waals surface area contributed by atoms with E-state index in [9.17, 15) is 19.7 Å². The lowest BCUT2D eigenvalue weighted by atomic mass is 9.90. The average Bonchev–Trinajstić information content (AvgIpc) is 2.69. The Morgan fingerprint density at radius 3 is 2.48 bits per heavy atom. The molecule has 3 rings (SSSR count). The van der Waals surface area contributed by atoms with Crippen molar-refractivity contribution in [2.45, 2.75) is 37.8 Å². The number of hydrogen-bond acceptors (Lipinski definition) is 7. The Labute approximate surface area is 158 Å². The van der Waals surface area contributed by atoms with Crippen LogP contribution in [0.1, 0.15) is 36.0 Å². The molecular formula is C19H25N3O5. The predicted octanol–water partition coefficient (Wildman–Crippen LogP) is 1.58. The van der Waals surface area contributed by atoms with Crippen molar-refractivity contribution in [3.8, 4) is 0 Å². The van der Waals surface area contributed by atoms with E-state index in [-0.39, 0.29) is 17.5 Å². The number of benzene rings is 1. The summed E-state index contributed by atoms with van der Waals surface area (Å²) >= 11 is 0. The summed E-state index contributed by atoms with van der Waals surface area (Å²) in [4.78, 5) is 39.1. The Bertz CT molecular complexity index is 673. The lowest BCUT2D eigenvalue weighted by molar-refractivity contribution is -0.527. The quantitative estimate of drug-likeness (QED) is 0.334. The van der Waals surface area contributed by atoms with Gasteiger partial charge in [-0.15, -0.1) is 0 Å². The highest BCUT2D eigenvalue weighted by atomic mass is 16.6. The Hall–Kier alpha value is -2.32. The van der Waals surface area contributed by atoms with E-state index < -0.39 is 18.0 Å². The molecule has 1 aromatic carbocycles. The van der Waals surface area contributed by atoms with Gasteiger partial charge in [0.25, 0.3) is 0 Å². The van der Waals surface area contributed by atoms with E-state index in [2.05, 4.69) is 4.90 Å². The van der Waals surface area contributed by atoms with Crippen LogP contribution in [0.4, 0.5) is 0 Å². The zero-order valence-electron chi connectivity index (χ0n) is 15.3. The second-order valence-corrected chi connectivity index (χ2v) is 7.20. The molecule has 1 heterocycles. The van der Waals surface area contributed by atoms with Gasteiger partial charge in [0.15, 0.2) is 0 Å². The molecule has 1 saturated carbocycles. The first-order valence-corrected chi connectivity index (χ1v) is 9.43. The highest BCUT2D eigenvalue weighted by Crippen LogP contribution is 2.25. The van der Waals surface area contributed by atoms with Crippen LogP contribution in [0.15, 0.2) is 30.3 Å². The second-order valence-electron chi connectivity index (χ2n) is 7.20. The molecule has 1 saturated heterocycles. The maximum absolute atomic E-state index is 12.0. The highest BCUT2D eigenvalue weighted by molar-refractivity contribution is 5.97. The monoisotopic (exact) mass is 375 g/mol. The number of nitrogens with zero attached hydrogens (tertiary/aromatic N) is 3. The minimum Gasteiger partial charge on any atom is -0.388 e. The fraction of sp³-hybridized carbons (Fsp3) is 0.579. The topological polar surface area (TPSA) is 93.0 Å². The zero-order chi connectivity index (χ0) is 19.2. The van der Waals surface area contributed by atoms with Crippen molar-refractivity contribution in [1.29, 1.82) is 0 Å². The van der Waals surface area contributed by atoms with Crippen LogP contribution in [0.5, 0.6) is 0 Å². The zero-order valence-corrected chi connectivity index (χ0v) is 15.3. The van der Waals surface area contributed by atoms with E-state index >= 15 is 0 Å². The molecule has 2 atom stereocenters.